The molecular weight excluding hydrogens is 269 g/mol. The lowest BCUT2D eigenvalue weighted by atomic mass is 9.75. The number of benzene rings is 1. The highest BCUT2D eigenvalue weighted by Gasteiger charge is 2.52. The van der Waals surface area contributed by atoms with E-state index in [0.717, 1.165) is 11.0 Å². The van der Waals surface area contributed by atoms with Gasteiger partial charge in [-0.15, -0.1) is 0 Å². The Bertz CT molecular complexity index is 567. The summed E-state index contributed by atoms with van der Waals surface area (Å²) in [5.41, 5.74) is 7.45. The van der Waals surface area contributed by atoms with Crippen LogP contribution >= 0.6 is 0 Å². The molecule has 2 N–H and O–H groups in total. The van der Waals surface area contributed by atoms with E-state index in [4.69, 9.17) is 19.8 Å². The van der Waals surface area contributed by atoms with E-state index in [2.05, 4.69) is 0 Å². The maximum atomic E-state index is 11.8. The summed E-state index contributed by atoms with van der Waals surface area (Å²) in [6.45, 7) is 9.86. The molecule has 1 aromatic rings. The number of carbonyl (C=O) groups is 1. The van der Waals surface area contributed by atoms with Crippen molar-refractivity contribution in [1.29, 1.82) is 0 Å². The Morgan fingerprint density at radius 3 is 2.19 bits per heavy atom. The number of aryl methyl sites for hydroxylation is 1. The van der Waals surface area contributed by atoms with Crippen molar-refractivity contribution in [3.63, 3.8) is 0 Å². The van der Waals surface area contributed by atoms with Crippen molar-refractivity contribution in [3.05, 3.63) is 23.3 Å². The van der Waals surface area contributed by atoms with E-state index in [0.29, 0.717) is 11.3 Å². The van der Waals surface area contributed by atoms with Gasteiger partial charge in [-0.3, -0.25) is 0 Å². The van der Waals surface area contributed by atoms with Gasteiger partial charge in [-0.25, -0.2) is 4.79 Å². The third kappa shape index (κ3) is 2.65. The highest BCUT2D eigenvalue weighted by atomic mass is 16.7. The Balaban J connectivity index is 2.44. The van der Waals surface area contributed by atoms with Crippen LogP contribution in [0.3, 0.4) is 0 Å². The van der Waals surface area contributed by atoms with E-state index >= 15 is 0 Å². The fraction of sp³-hybridized carbons (Fsp3) is 0.533. The monoisotopic (exact) mass is 291 g/mol. The van der Waals surface area contributed by atoms with E-state index in [1.807, 2.05) is 34.6 Å². The van der Waals surface area contributed by atoms with Crippen LogP contribution in [0.5, 0.6) is 0 Å². The lowest BCUT2D eigenvalue weighted by Gasteiger charge is -2.32. The van der Waals surface area contributed by atoms with Gasteiger partial charge in [0, 0.05) is 5.69 Å². The molecule has 0 aliphatic carbocycles. The van der Waals surface area contributed by atoms with Crippen LogP contribution in [0.25, 0.3) is 0 Å². The Hall–Kier alpha value is -1.53. The van der Waals surface area contributed by atoms with Gasteiger partial charge >= 0.3 is 13.1 Å². The summed E-state index contributed by atoms with van der Waals surface area (Å²) in [6.07, 6.45) is 0. The summed E-state index contributed by atoms with van der Waals surface area (Å²) in [5, 5.41) is 0. The van der Waals surface area contributed by atoms with Crippen LogP contribution in [0.2, 0.25) is 0 Å². The topological polar surface area (TPSA) is 70.8 Å². The normalized spacial score (nSPS) is 19.6. The van der Waals surface area contributed by atoms with Crippen LogP contribution in [-0.4, -0.2) is 31.4 Å². The van der Waals surface area contributed by atoms with Gasteiger partial charge in [0.25, 0.3) is 0 Å². The molecule has 1 saturated heterocycles. The van der Waals surface area contributed by atoms with Crippen LogP contribution in [0.4, 0.5) is 5.69 Å². The fourth-order valence-corrected chi connectivity index (χ4v) is 2.26. The maximum absolute atomic E-state index is 11.8. The first kappa shape index (κ1) is 15.9. The SMILES string of the molecule is COC(=O)c1cc(B2OC(C)(C)C(C)(C)O2)c(C)cc1N. The molecule has 0 spiro atoms. The van der Waals surface area contributed by atoms with E-state index in [1.165, 1.54) is 7.11 Å². The van der Waals surface area contributed by atoms with Crippen LogP contribution in [-0.2, 0) is 14.0 Å². The molecule has 0 radical (unpaired) electrons. The minimum atomic E-state index is -0.529. The molecular formula is C15H22BNO4. The molecule has 1 heterocycles. The third-order valence-electron chi connectivity index (χ3n) is 4.35. The first-order chi connectivity index (χ1) is 9.59. The van der Waals surface area contributed by atoms with Crippen molar-refractivity contribution in [3.8, 4) is 0 Å². The number of ether oxygens (including phenoxy) is 1. The maximum Gasteiger partial charge on any atom is 0.495 e. The number of nitrogens with two attached hydrogens (primary N) is 1. The Morgan fingerprint density at radius 2 is 1.71 bits per heavy atom. The van der Waals surface area contributed by atoms with Crippen LogP contribution in [0.1, 0.15) is 43.6 Å². The Kier molecular flexibility index (Phi) is 3.80. The average molecular weight is 291 g/mol. The lowest BCUT2D eigenvalue weighted by molar-refractivity contribution is 0.00578. The summed E-state index contributed by atoms with van der Waals surface area (Å²) in [7, 11) is 0.801. The van der Waals surface area contributed by atoms with Crippen LogP contribution in [0.15, 0.2) is 12.1 Å². The molecule has 1 aliphatic heterocycles. The van der Waals surface area contributed by atoms with E-state index in [1.54, 1.807) is 12.1 Å². The minimum absolute atomic E-state index is 0.327. The van der Waals surface area contributed by atoms with Gasteiger partial charge in [0.15, 0.2) is 0 Å². The summed E-state index contributed by atoms with van der Waals surface area (Å²) in [6, 6.07) is 3.44. The number of methoxy groups -OCH3 is 1. The molecule has 0 amide bonds. The highest BCUT2D eigenvalue weighted by Crippen LogP contribution is 2.36. The molecule has 1 aromatic carbocycles. The Labute approximate surface area is 125 Å². The zero-order chi connectivity index (χ0) is 16.0. The molecule has 21 heavy (non-hydrogen) atoms. The standard InChI is InChI=1S/C15H22BNO4/c1-9-7-12(17)10(13(18)19-6)8-11(9)16-20-14(2,3)15(4,5)21-16/h7-8H,17H2,1-6H3. The van der Waals surface area contributed by atoms with Gasteiger partial charge in [-0.2, -0.15) is 0 Å². The van der Waals surface area contributed by atoms with Crippen molar-refractivity contribution >= 4 is 24.2 Å². The average Bonchev–Trinajstić information content (AvgIpc) is 2.57. The van der Waals surface area contributed by atoms with Gasteiger partial charge < -0.3 is 19.8 Å². The summed E-state index contributed by atoms with van der Waals surface area (Å²) in [5.74, 6) is -0.467. The van der Waals surface area contributed by atoms with Gasteiger partial charge in [-0.05, 0) is 57.8 Å². The number of anilines is 1. The van der Waals surface area contributed by atoms with Gasteiger partial charge in [-0.1, -0.05) is 0 Å². The molecule has 1 aliphatic rings. The van der Waals surface area contributed by atoms with Gasteiger partial charge in [0.2, 0.25) is 0 Å². The fourth-order valence-electron chi connectivity index (χ4n) is 2.26. The molecule has 0 bridgehead atoms. The van der Waals surface area contributed by atoms with Crippen LogP contribution < -0.4 is 11.2 Å². The van der Waals surface area contributed by atoms with E-state index in [9.17, 15) is 4.79 Å². The second kappa shape index (κ2) is 5.03. The predicted molar refractivity (Wildman–Crippen MR) is 82.6 cm³/mol. The first-order valence-corrected chi connectivity index (χ1v) is 6.93. The molecule has 0 unspecified atom stereocenters. The minimum Gasteiger partial charge on any atom is -0.465 e. The summed E-state index contributed by atoms with van der Waals surface area (Å²) >= 11 is 0. The molecule has 5 nitrogen and oxygen atoms in total. The smallest absolute Gasteiger partial charge is 0.465 e. The van der Waals surface area contributed by atoms with E-state index in [-0.39, 0.29) is 0 Å². The molecule has 0 atom stereocenters. The van der Waals surface area contributed by atoms with E-state index < -0.39 is 24.3 Å². The van der Waals surface area contributed by atoms with Crippen LogP contribution in [0, 0.1) is 6.92 Å². The second-order valence-electron chi connectivity index (χ2n) is 6.38. The Morgan fingerprint density at radius 1 is 1.19 bits per heavy atom. The molecule has 114 valence electrons. The summed E-state index contributed by atoms with van der Waals surface area (Å²) in [4.78, 5) is 11.8. The van der Waals surface area contributed by atoms with Crippen molar-refractivity contribution in [2.45, 2.75) is 45.8 Å². The number of hydrogen-bond acceptors (Lipinski definition) is 5. The van der Waals surface area contributed by atoms with Crippen molar-refractivity contribution in [2.75, 3.05) is 12.8 Å². The lowest BCUT2D eigenvalue weighted by Crippen LogP contribution is -2.41. The second-order valence-corrected chi connectivity index (χ2v) is 6.38. The molecule has 1 fully saturated rings. The largest absolute Gasteiger partial charge is 0.495 e. The zero-order valence-corrected chi connectivity index (χ0v) is 13.4. The number of carbonyl (C=O) groups excluding carboxylic acids is 1. The van der Waals surface area contributed by atoms with Gasteiger partial charge in [0.05, 0.1) is 23.9 Å². The highest BCUT2D eigenvalue weighted by molar-refractivity contribution is 6.62. The number of hydrogen-bond donors (Lipinski definition) is 1. The number of nitrogen functional groups attached to an aromatic ring is 1. The molecule has 2 rings (SSSR count). The first-order valence-electron chi connectivity index (χ1n) is 6.93. The molecule has 0 saturated carbocycles. The molecule has 6 heteroatoms. The number of rotatable bonds is 2. The summed E-state index contributed by atoms with van der Waals surface area (Å²) < 4.78 is 16.8. The zero-order valence-electron chi connectivity index (χ0n) is 13.4. The van der Waals surface area contributed by atoms with Crippen molar-refractivity contribution in [2.24, 2.45) is 0 Å². The van der Waals surface area contributed by atoms with Crippen molar-refractivity contribution < 1.29 is 18.8 Å². The number of esters is 1. The van der Waals surface area contributed by atoms with Crippen molar-refractivity contribution in [1.82, 2.24) is 0 Å². The third-order valence-corrected chi connectivity index (χ3v) is 4.35. The quantitative estimate of drug-likeness (QED) is 0.510. The predicted octanol–water partition coefficient (Wildman–Crippen LogP) is 1.66. The van der Waals surface area contributed by atoms with Gasteiger partial charge in [0.1, 0.15) is 0 Å². The molecule has 0 aromatic heterocycles.